The highest BCUT2D eigenvalue weighted by molar-refractivity contribution is 7.21. The molecule has 0 radical (unpaired) electrons. The molecule has 84 valence electrons. The van der Waals surface area contributed by atoms with Gasteiger partial charge in [-0.1, -0.05) is 29.8 Å². The smallest absolute Gasteiger partial charge is 0.274 e. The monoisotopic (exact) mass is 255 g/mol. The molecule has 0 aliphatic rings. The lowest BCUT2D eigenvalue weighted by molar-refractivity contribution is -0.0753. The van der Waals surface area contributed by atoms with Gasteiger partial charge in [0.25, 0.3) is 5.91 Å². The number of rotatable bonds is 2. The zero-order valence-electron chi connectivity index (χ0n) is 8.86. The molecular weight excluding hydrogens is 246 g/mol. The van der Waals surface area contributed by atoms with Crippen LogP contribution in [-0.2, 0) is 4.84 Å². The van der Waals surface area contributed by atoms with Crippen molar-refractivity contribution in [1.82, 2.24) is 5.06 Å². The number of hydrogen-bond donors (Lipinski definition) is 0. The average molecular weight is 256 g/mol. The van der Waals surface area contributed by atoms with Crippen molar-refractivity contribution in [2.24, 2.45) is 0 Å². The maximum Gasteiger partial charge on any atom is 0.288 e. The van der Waals surface area contributed by atoms with Gasteiger partial charge in [0.2, 0.25) is 0 Å². The third-order valence-corrected chi connectivity index (χ3v) is 3.95. The maximum atomic E-state index is 11.9. The van der Waals surface area contributed by atoms with Gasteiger partial charge in [-0.3, -0.25) is 9.63 Å². The van der Waals surface area contributed by atoms with E-state index in [2.05, 4.69) is 0 Å². The molecule has 3 nitrogen and oxygen atoms in total. The Morgan fingerprint density at radius 1 is 1.44 bits per heavy atom. The van der Waals surface area contributed by atoms with Crippen LogP contribution in [0.25, 0.3) is 10.1 Å². The number of carbonyl (C=O) groups is 1. The first kappa shape index (κ1) is 11.4. The van der Waals surface area contributed by atoms with Gasteiger partial charge in [0.1, 0.15) is 4.88 Å². The molecule has 1 heterocycles. The van der Waals surface area contributed by atoms with Crippen LogP contribution in [0.3, 0.4) is 0 Å². The fraction of sp³-hybridized carbons (Fsp3) is 0.182. The summed E-state index contributed by atoms with van der Waals surface area (Å²) >= 11 is 7.53. The number of carbonyl (C=O) groups excluding carboxylic acids is 1. The number of hydrogen-bond acceptors (Lipinski definition) is 3. The number of hydroxylamine groups is 2. The Morgan fingerprint density at radius 2 is 2.12 bits per heavy atom. The number of thiophene rings is 1. The van der Waals surface area contributed by atoms with Gasteiger partial charge in [0.15, 0.2) is 0 Å². The minimum atomic E-state index is -0.228. The largest absolute Gasteiger partial charge is 0.288 e. The van der Waals surface area contributed by atoms with E-state index in [-0.39, 0.29) is 5.91 Å². The van der Waals surface area contributed by atoms with Crippen LogP contribution in [0.4, 0.5) is 0 Å². The van der Waals surface area contributed by atoms with E-state index in [1.807, 2.05) is 24.3 Å². The van der Waals surface area contributed by atoms with E-state index in [4.69, 9.17) is 16.4 Å². The van der Waals surface area contributed by atoms with Gasteiger partial charge in [-0.2, -0.15) is 0 Å². The predicted molar refractivity (Wildman–Crippen MR) is 65.9 cm³/mol. The highest BCUT2D eigenvalue weighted by Crippen LogP contribution is 2.35. The van der Waals surface area contributed by atoms with E-state index in [0.29, 0.717) is 9.90 Å². The van der Waals surface area contributed by atoms with Gasteiger partial charge in [-0.15, -0.1) is 11.3 Å². The number of halogens is 1. The fourth-order valence-corrected chi connectivity index (χ4v) is 2.86. The summed E-state index contributed by atoms with van der Waals surface area (Å²) in [5, 5.41) is 2.56. The summed E-state index contributed by atoms with van der Waals surface area (Å²) in [6.07, 6.45) is 0. The van der Waals surface area contributed by atoms with Crippen molar-refractivity contribution in [3.63, 3.8) is 0 Å². The van der Waals surface area contributed by atoms with Gasteiger partial charge >= 0.3 is 0 Å². The molecular formula is C11H10ClNO2S. The molecule has 1 aromatic heterocycles. The Hall–Kier alpha value is -1.10. The molecule has 1 aromatic carbocycles. The summed E-state index contributed by atoms with van der Waals surface area (Å²) in [5.41, 5.74) is 0. The van der Waals surface area contributed by atoms with E-state index >= 15 is 0 Å². The van der Waals surface area contributed by atoms with Crippen LogP contribution in [0, 0.1) is 0 Å². The van der Waals surface area contributed by atoms with Gasteiger partial charge in [0, 0.05) is 17.1 Å². The van der Waals surface area contributed by atoms with Crippen molar-refractivity contribution in [3.8, 4) is 0 Å². The standard InChI is InChI=1S/C11H10ClNO2S/c1-13(15-2)11(14)10-9(12)7-5-3-4-6-8(7)16-10/h3-6H,1-2H3. The molecule has 16 heavy (non-hydrogen) atoms. The highest BCUT2D eigenvalue weighted by atomic mass is 35.5. The van der Waals surface area contributed by atoms with Crippen molar-refractivity contribution in [2.75, 3.05) is 14.2 Å². The van der Waals surface area contributed by atoms with E-state index in [0.717, 1.165) is 15.1 Å². The first-order valence-electron chi connectivity index (χ1n) is 4.64. The lowest BCUT2D eigenvalue weighted by Crippen LogP contribution is -2.24. The van der Waals surface area contributed by atoms with Crippen molar-refractivity contribution in [1.29, 1.82) is 0 Å². The van der Waals surface area contributed by atoms with Crippen LogP contribution in [0.5, 0.6) is 0 Å². The van der Waals surface area contributed by atoms with E-state index in [1.54, 1.807) is 7.05 Å². The molecule has 2 aromatic rings. The zero-order chi connectivity index (χ0) is 11.7. The number of benzene rings is 1. The third kappa shape index (κ3) is 1.80. The zero-order valence-corrected chi connectivity index (χ0v) is 10.4. The van der Waals surface area contributed by atoms with E-state index in [9.17, 15) is 4.79 Å². The summed E-state index contributed by atoms with van der Waals surface area (Å²) in [5.74, 6) is -0.228. The minimum absolute atomic E-state index is 0.228. The molecule has 0 saturated heterocycles. The first-order chi connectivity index (χ1) is 7.65. The summed E-state index contributed by atoms with van der Waals surface area (Å²) in [7, 11) is 3.00. The Bertz CT molecular complexity index is 538. The van der Waals surface area contributed by atoms with Crippen LogP contribution in [0.2, 0.25) is 5.02 Å². The van der Waals surface area contributed by atoms with E-state index < -0.39 is 0 Å². The molecule has 1 amide bonds. The van der Waals surface area contributed by atoms with Crippen LogP contribution in [0.15, 0.2) is 24.3 Å². The van der Waals surface area contributed by atoms with Gasteiger partial charge in [0.05, 0.1) is 12.1 Å². The second-order valence-corrected chi connectivity index (χ2v) is 4.66. The molecule has 0 fully saturated rings. The molecule has 5 heteroatoms. The molecule has 0 saturated carbocycles. The number of amides is 1. The molecule has 0 N–H and O–H groups in total. The lowest BCUT2D eigenvalue weighted by Gasteiger charge is -2.12. The van der Waals surface area contributed by atoms with Gasteiger partial charge in [-0.25, -0.2) is 5.06 Å². The molecule has 0 unspecified atom stereocenters. The molecule has 0 bridgehead atoms. The summed E-state index contributed by atoms with van der Waals surface area (Å²) in [6, 6.07) is 7.66. The van der Waals surface area contributed by atoms with Crippen LogP contribution in [0.1, 0.15) is 9.67 Å². The predicted octanol–water partition coefficient (Wildman–Crippen LogP) is 3.19. The van der Waals surface area contributed by atoms with Crippen LogP contribution in [-0.4, -0.2) is 25.1 Å². The Labute approximate surface area is 102 Å². The lowest BCUT2D eigenvalue weighted by atomic mass is 10.2. The Balaban J connectivity index is 2.53. The fourth-order valence-electron chi connectivity index (χ4n) is 1.38. The third-order valence-electron chi connectivity index (χ3n) is 2.29. The Morgan fingerprint density at radius 3 is 2.75 bits per heavy atom. The second-order valence-electron chi connectivity index (χ2n) is 3.23. The molecule has 0 atom stereocenters. The Kier molecular flexibility index (Phi) is 3.14. The quantitative estimate of drug-likeness (QED) is 0.772. The highest BCUT2D eigenvalue weighted by Gasteiger charge is 2.19. The van der Waals surface area contributed by atoms with Gasteiger partial charge in [-0.05, 0) is 6.07 Å². The van der Waals surface area contributed by atoms with Crippen LogP contribution >= 0.6 is 22.9 Å². The normalized spacial score (nSPS) is 10.7. The molecule has 2 rings (SSSR count). The maximum absolute atomic E-state index is 11.9. The summed E-state index contributed by atoms with van der Waals surface area (Å²) in [6.45, 7) is 0. The average Bonchev–Trinajstić information content (AvgIpc) is 2.65. The van der Waals surface area contributed by atoms with Crippen molar-refractivity contribution in [3.05, 3.63) is 34.2 Å². The van der Waals surface area contributed by atoms with Crippen molar-refractivity contribution >= 4 is 38.9 Å². The second kappa shape index (κ2) is 4.41. The number of fused-ring (bicyclic) bond motifs is 1. The number of nitrogens with zero attached hydrogens (tertiary/aromatic N) is 1. The van der Waals surface area contributed by atoms with Crippen molar-refractivity contribution < 1.29 is 9.63 Å². The molecule has 0 aliphatic carbocycles. The van der Waals surface area contributed by atoms with Gasteiger partial charge < -0.3 is 0 Å². The minimum Gasteiger partial charge on any atom is -0.274 e. The first-order valence-corrected chi connectivity index (χ1v) is 5.83. The molecule has 0 aliphatic heterocycles. The topological polar surface area (TPSA) is 29.5 Å². The van der Waals surface area contributed by atoms with Crippen LogP contribution < -0.4 is 0 Å². The summed E-state index contributed by atoms with van der Waals surface area (Å²) < 4.78 is 1.00. The van der Waals surface area contributed by atoms with Crippen molar-refractivity contribution in [2.45, 2.75) is 0 Å². The molecule has 0 spiro atoms. The van der Waals surface area contributed by atoms with E-state index in [1.165, 1.54) is 18.4 Å². The summed E-state index contributed by atoms with van der Waals surface area (Å²) in [4.78, 5) is 17.2. The SMILES string of the molecule is CON(C)C(=O)c1sc2ccccc2c1Cl.